The third kappa shape index (κ3) is 4.19. The van der Waals surface area contributed by atoms with Crippen LogP contribution in [0.1, 0.15) is 24.1 Å². The summed E-state index contributed by atoms with van der Waals surface area (Å²) in [5.41, 5.74) is 1.65. The summed E-state index contributed by atoms with van der Waals surface area (Å²) in [4.78, 5) is 32.7. The average Bonchev–Trinajstić information content (AvgIpc) is 3.42. The van der Waals surface area contributed by atoms with Crippen LogP contribution in [0.4, 0.5) is 5.13 Å². The highest BCUT2D eigenvalue weighted by Crippen LogP contribution is 2.44. The van der Waals surface area contributed by atoms with Crippen LogP contribution in [0.25, 0.3) is 16.0 Å². The second-order valence-corrected chi connectivity index (χ2v) is 9.45. The van der Waals surface area contributed by atoms with Gasteiger partial charge in [0.15, 0.2) is 5.13 Å². The first-order valence-electron chi connectivity index (χ1n) is 11.2. The molecule has 1 fully saturated rings. The number of fused-ring (bicyclic) bond motifs is 1. The van der Waals surface area contributed by atoms with E-state index in [1.54, 1.807) is 67.8 Å². The number of hydrogen-bond acceptors (Lipinski definition) is 7. The Bertz CT molecular complexity index is 1500. The lowest BCUT2D eigenvalue weighted by atomic mass is 9.95. The Morgan fingerprint density at radius 1 is 1.06 bits per heavy atom. The number of amides is 1. The van der Waals surface area contributed by atoms with Gasteiger partial charge >= 0.3 is 5.91 Å². The van der Waals surface area contributed by atoms with Gasteiger partial charge in [0, 0.05) is 10.6 Å². The molecular formula is C27H21ClN2O5S. The van der Waals surface area contributed by atoms with E-state index in [1.165, 1.54) is 16.2 Å². The molecule has 7 nitrogen and oxygen atoms in total. The van der Waals surface area contributed by atoms with E-state index in [1.807, 2.05) is 13.0 Å². The quantitative estimate of drug-likeness (QED) is 0.191. The van der Waals surface area contributed by atoms with Crippen molar-refractivity contribution in [2.45, 2.75) is 13.0 Å². The molecule has 1 aromatic heterocycles. The number of nitrogens with zero attached hydrogens (tertiary/aromatic N) is 2. The molecule has 5 rings (SSSR count). The van der Waals surface area contributed by atoms with Gasteiger partial charge in [-0.25, -0.2) is 4.98 Å². The fourth-order valence-corrected chi connectivity index (χ4v) is 5.29. The molecule has 3 aromatic carbocycles. The first-order valence-corrected chi connectivity index (χ1v) is 12.3. The van der Waals surface area contributed by atoms with E-state index in [2.05, 4.69) is 4.98 Å². The number of thiazole rings is 1. The van der Waals surface area contributed by atoms with E-state index < -0.39 is 17.7 Å². The van der Waals surface area contributed by atoms with Gasteiger partial charge in [0.25, 0.3) is 5.78 Å². The van der Waals surface area contributed by atoms with E-state index in [4.69, 9.17) is 21.1 Å². The summed E-state index contributed by atoms with van der Waals surface area (Å²) >= 11 is 7.37. The predicted molar refractivity (Wildman–Crippen MR) is 140 cm³/mol. The molecule has 1 saturated heterocycles. The Kier molecular flexibility index (Phi) is 6.38. The molecule has 1 N–H and O–H groups in total. The molecule has 4 aromatic rings. The minimum atomic E-state index is -0.892. The topological polar surface area (TPSA) is 89.0 Å². The number of aliphatic hydroxyl groups excluding tert-OH is 1. The summed E-state index contributed by atoms with van der Waals surface area (Å²) < 4.78 is 11.6. The molecule has 36 heavy (non-hydrogen) atoms. The van der Waals surface area contributed by atoms with Crippen molar-refractivity contribution in [2.75, 3.05) is 18.6 Å². The van der Waals surface area contributed by atoms with Gasteiger partial charge in [-0.05, 0) is 67.1 Å². The second kappa shape index (κ2) is 9.64. The zero-order chi connectivity index (χ0) is 25.4. The van der Waals surface area contributed by atoms with Crippen LogP contribution in [0.15, 0.2) is 72.3 Å². The van der Waals surface area contributed by atoms with Crippen molar-refractivity contribution < 1.29 is 24.2 Å². The molecule has 0 aliphatic carbocycles. The van der Waals surface area contributed by atoms with Crippen molar-refractivity contribution in [1.29, 1.82) is 0 Å². The maximum atomic E-state index is 13.4. The Labute approximate surface area is 216 Å². The number of Topliss-reactive ketones (excluding diaryl/α,β-unsaturated/α-hetero) is 1. The van der Waals surface area contributed by atoms with Gasteiger partial charge in [0.05, 0.1) is 35.5 Å². The largest absolute Gasteiger partial charge is 0.507 e. The smallest absolute Gasteiger partial charge is 0.301 e. The van der Waals surface area contributed by atoms with Crippen LogP contribution in [-0.2, 0) is 9.59 Å². The molecule has 1 aliphatic rings. The Hall–Kier alpha value is -3.88. The van der Waals surface area contributed by atoms with Crippen molar-refractivity contribution in [3.63, 3.8) is 0 Å². The summed E-state index contributed by atoms with van der Waals surface area (Å²) in [6.45, 7) is 2.38. The number of methoxy groups -OCH3 is 1. The number of aromatic nitrogens is 1. The van der Waals surface area contributed by atoms with Gasteiger partial charge in [-0.3, -0.25) is 14.5 Å². The van der Waals surface area contributed by atoms with Crippen LogP contribution in [0.3, 0.4) is 0 Å². The molecule has 1 aliphatic heterocycles. The number of hydrogen-bond donors (Lipinski definition) is 1. The summed E-state index contributed by atoms with van der Waals surface area (Å²) in [6, 6.07) is 18.0. The van der Waals surface area contributed by atoms with Crippen LogP contribution in [-0.4, -0.2) is 35.5 Å². The number of ether oxygens (including phenoxy) is 2. The van der Waals surface area contributed by atoms with Crippen LogP contribution in [0.2, 0.25) is 5.02 Å². The van der Waals surface area contributed by atoms with Gasteiger partial charge in [-0.2, -0.15) is 0 Å². The molecule has 1 atom stereocenters. The standard InChI is InChI=1S/C27H21ClN2O5S/c1-3-35-18-10-6-16(7-11-18)24(31)22-23(15-4-8-17(28)9-5-15)30(26(33)25(22)32)27-29-20-13-12-19(34-2)14-21(20)36-27/h4-14,23,31H,3H2,1-2H3/b24-22+. The third-order valence-electron chi connectivity index (χ3n) is 5.86. The maximum absolute atomic E-state index is 13.4. The Morgan fingerprint density at radius 2 is 1.75 bits per heavy atom. The third-order valence-corrected chi connectivity index (χ3v) is 7.13. The zero-order valence-corrected chi connectivity index (χ0v) is 21.0. The van der Waals surface area contributed by atoms with Crippen LogP contribution in [0, 0.1) is 0 Å². The van der Waals surface area contributed by atoms with Crippen LogP contribution < -0.4 is 14.4 Å². The highest BCUT2D eigenvalue weighted by molar-refractivity contribution is 7.22. The molecule has 0 bridgehead atoms. The normalized spacial score (nSPS) is 17.1. The van der Waals surface area contributed by atoms with E-state index in [9.17, 15) is 14.7 Å². The van der Waals surface area contributed by atoms with Crippen molar-refractivity contribution in [3.8, 4) is 11.5 Å². The molecule has 1 amide bonds. The van der Waals surface area contributed by atoms with Gasteiger partial charge in [0.1, 0.15) is 17.3 Å². The lowest BCUT2D eigenvalue weighted by Gasteiger charge is -2.23. The number of rotatable bonds is 6. The summed E-state index contributed by atoms with van der Waals surface area (Å²) in [6.07, 6.45) is 0. The highest BCUT2D eigenvalue weighted by atomic mass is 35.5. The lowest BCUT2D eigenvalue weighted by Crippen LogP contribution is -2.29. The molecule has 9 heteroatoms. The lowest BCUT2D eigenvalue weighted by molar-refractivity contribution is -0.132. The number of carbonyl (C=O) groups is 2. The number of aliphatic hydroxyl groups is 1. The van der Waals surface area contributed by atoms with Gasteiger partial charge in [-0.15, -0.1) is 0 Å². The maximum Gasteiger partial charge on any atom is 0.301 e. The second-order valence-electron chi connectivity index (χ2n) is 8.01. The molecule has 182 valence electrons. The number of halogens is 1. The SMILES string of the molecule is CCOc1ccc(/C(O)=C2\C(=O)C(=O)N(c3nc4ccc(OC)cc4s3)C2c2ccc(Cl)cc2)cc1. The number of ketones is 1. The molecule has 1 unspecified atom stereocenters. The minimum absolute atomic E-state index is 0.0247. The van der Waals surface area contributed by atoms with Crippen molar-refractivity contribution in [2.24, 2.45) is 0 Å². The van der Waals surface area contributed by atoms with E-state index >= 15 is 0 Å². The van der Waals surface area contributed by atoms with E-state index in [0.717, 1.165) is 4.70 Å². The average molecular weight is 521 g/mol. The van der Waals surface area contributed by atoms with Gasteiger partial charge < -0.3 is 14.6 Å². The highest BCUT2D eigenvalue weighted by Gasteiger charge is 2.48. The molecule has 0 saturated carbocycles. The van der Waals surface area contributed by atoms with Gasteiger partial charge in [0.2, 0.25) is 0 Å². The number of benzene rings is 3. The monoisotopic (exact) mass is 520 g/mol. The first-order chi connectivity index (χ1) is 17.4. The van der Waals surface area contributed by atoms with Crippen molar-refractivity contribution in [3.05, 3.63) is 88.5 Å². The summed E-state index contributed by atoms with van der Waals surface area (Å²) in [5, 5.41) is 12.1. The Balaban J connectivity index is 1.67. The van der Waals surface area contributed by atoms with E-state index in [-0.39, 0.29) is 11.3 Å². The van der Waals surface area contributed by atoms with E-state index in [0.29, 0.717) is 44.9 Å². The van der Waals surface area contributed by atoms with Crippen molar-refractivity contribution >= 4 is 55.7 Å². The minimum Gasteiger partial charge on any atom is -0.507 e. The summed E-state index contributed by atoms with van der Waals surface area (Å²) in [5.74, 6) is -0.550. The summed E-state index contributed by atoms with van der Waals surface area (Å²) in [7, 11) is 1.57. The van der Waals surface area contributed by atoms with Crippen LogP contribution in [0.5, 0.6) is 11.5 Å². The fourth-order valence-electron chi connectivity index (χ4n) is 4.14. The molecule has 0 spiro atoms. The first kappa shape index (κ1) is 23.8. The zero-order valence-electron chi connectivity index (χ0n) is 19.4. The van der Waals surface area contributed by atoms with Crippen LogP contribution >= 0.6 is 22.9 Å². The predicted octanol–water partition coefficient (Wildman–Crippen LogP) is 5.98. The Morgan fingerprint density at radius 3 is 2.42 bits per heavy atom. The molecule has 0 radical (unpaired) electrons. The van der Waals surface area contributed by atoms with Crippen molar-refractivity contribution in [1.82, 2.24) is 4.98 Å². The fraction of sp³-hybridized carbons (Fsp3) is 0.148. The molecule has 2 heterocycles. The number of carbonyl (C=O) groups excluding carboxylic acids is 2. The van der Waals surface area contributed by atoms with Gasteiger partial charge in [-0.1, -0.05) is 35.1 Å². The molecular weight excluding hydrogens is 500 g/mol. The number of anilines is 1.